The fourth-order valence-corrected chi connectivity index (χ4v) is 2.05. The molecule has 0 amide bonds. The number of H-pyrrole nitrogens is 1. The highest BCUT2D eigenvalue weighted by molar-refractivity contribution is 4.99. The van der Waals surface area contributed by atoms with Gasteiger partial charge in [-0.2, -0.15) is 0 Å². The molecule has 1 fully saturated rings. The van der Waals surface area contributed by atoms with Gasteiger partial charge in [-0.05, 0) is 0 Å². The molecule has 0 unspecified atom stereocenters. The molecule has 98 valence electrons. The molecule has 4 atom stereocenters. The smallest absolute Gasteiger partial charge is 0.330 e. The van der Waals surface area contributed by atoms with Crippen molar-refractivity contribution in [2.45, 2.75) is 18.4 Å². The quantitative estimate of drug-likeness (QED) is 0.575. The van der Waals surface area contributed by atoms with E-state index in [0.29, 0.717) is 0 Å². The van der Waals surface area contributed by atoms with Crippen molar-refractivity contribution in [2.24, 2.45) is 5.92 Å². The standard InChI is InChI=1S/C11H14N2O5/c1-2-6-9(16)7(5-14)18-10(6)13-4-3-8(15)12-11(13)17/h2-4,6-7,9-10,14,16H,1,5H2,(H,12,15,17)/t6-,7-,9+,10-/m1/s1. The Morgan fingerprint density at radius 1 is 1.56 bits per heavy atom. The second kappa shape index (κ2) is 4.89. The predicted octanol–water partition coefficient (Wildman–Crippen LogP) is -1.41. The van der Waals surface area contributed by atoms with Crippen LogP contribution in [0.2, 0.25) is 0 Å². The van der Waals surface area contributed by atoms with Crippen LogP contribution in [0.5, 0.6) is 0 Å². The molecule has 3 N–H and O–H groups in total. The summed E-state index contributed by atoms with van der Waals surface area (Å²) in [5.41, 5.74) is -1.14. The average molecular weight is 254 g/mol. The minimum atomic E-state index is -0.948. The van der Waals surface area contributed by atoms with Gasteiger partial charge in [-0.3, -0.25) is 14.3 Å². The Morgan fingerprint density at radius 3 is 2.83 bits per heavy atom. The van der Waals surface area contributed by atoms with Crippen molar-refractivity contribution < 1.29 is 14.9 Å². The maximum Gasteiger partial charge on any atom is 0.330 e. The zero-order valence-electron chi connectivity index (χ0n) is 9.52. The van der Waals surface area contributed by atoms with Crippen molar-refractivity contribution in [2.75, 3.05) is 6.61 Å². The number of aromatic amines is 1. The first-order valence-electron chi connectivity index (χ1n) is 5.47. The highest BCUT2D eigenvalue weighted by Gasteiger charge is 2.42. The molecule has 0 aliphatic carbocycles. The Labute approximate surface area is 102 Å². The lowest BCUT2D eigenvalue weighted by atomic mass is 10.00. The maximum atomic E-state index is 11.6. The third-order valence-electron chi connectivity index (χ3n) is 3.00. The second-order valence-electron chi connectivity index (χ2n) is 4.07. The summed E-state index contributed by atoms with van der Waals surface area (Å²) >= 11 is 0. The highest BCUT2D eigenvalue weighted by Crippen LogP contribution is 2.34. The lowest BCUT2D eigenvalue weighted by Gasteiger charge is -2.18. The fraction of sp³-hybridized carbons (Fsp3) is 0.455. The average Bonchev–Trinajstić information content (AvgIpc) is 2.65. The topological polar surface area (TPSA) is 105 Å². The van der Waals surface area contributed by atoms with Crippen molar-refractivity contribution in [3.63, 3.8) is 0 Å². The lowest BCUT2D eigenvalue weighted by Crippen LogP contribution is -2.34. The fourth-order valence-electron chi connectivity index (χ4n) is 2.05. The number of nitrogens with zero attached hydrogens (tertiary/aromatic N) is 1. The van der Waals surface area contributed by atoms with Crippen molar-refractivity contribution in [1.82, 2.24) is 9.55 Å². The van der Waals surface area contributed by atoms with Crippen LogP contribution in [-0.2, 0) is 4.74 Å². The van der Waals surface area contributed by atoms with Crippen LogP contribution >= 0.6 is 0 Å². The number of aliphatic hydroxyl groups excluding tert-OH is 2. The minimum Gasteiger partial charge on any atom is -0.394 e. The Balaban J connectivity index is 2.41. The van der Waals surface area contributed by atoms with Crippen LogP contribution in [-0.4, -0.2) is 38.6 Å². The van der Waals surface area contributed by atoms with Gasteiger partial charge in [0.25, 0.3) is 5.56 Å². The lowest BCUT2D eigenvalue weighted by molar-refractivity contribution is -0.0471. The molecule has 18 heavy (non-hydrogen) atoms. The summed E-state index contributed by atoms with van der Waals surface area (Å²) in [5.74, 6) is -0.536. The Hall–Kier alpha value is -1.70. The third-order valence-corrected chi connectivity index (χ3v) is 3.00. The minimum absolute atomic E-state index is 0.361. The summed E-state index contributed by atoms with van der Waals surface area (Å²) in [5, 5.41) is 18.9. The Morgan fingerprint density at radius 2 is 2.28 bits per heavy atom. The number of hydrogen-bond acceptors (Lipinski definition) is 5. The maximum absolute atomic E-state index is 11.6. The normalized spacial score (nSPS) is 31.4. The number of rotatable bonds is 3. The van der Waals surface area contributed by atoms with Crippen molar-refractivity contribution in [3.8, 4) is 0 Å². The van der Waals surface area contributed by atoms with Gasteiger partial charge >= 0.3 is 5.69 Å². The van der Waals surface area contributed by atoms with Crippen molar-refractivity contribution in [1.29, 1.82) is 0 Å². The van der Waals surface area contributed by atoms with Gasteiger partial charge in [0.15, 0.2) is 0 Å². The molecular formula is C11H14N2O5. The van der Waals surface area contributed by atoms with E-state index >= 15 is 0 Å². The largest absolute Gasteiger partial charge is 0.394 e. The van der Waals surface area contributed by atoms with E-state index in [1.807, 2.05) is 0 Å². The molecule has 7 nitrogen and oxygen atoms in total. The molecule has 0 radical (unpaired) electrons. The zero-order chi connectivity index (χ0) is 13.3. The van der Waals surface area contributed by atoms with Crippen LogP contribution < -0.4 is 11.2 Å². The molecule has 0 spiro atoms. The molecule has 1 aromatic heterocycles. The zero-order valence-corrected chi connectivity index (χ0v) is 9.52. The van der Waals surface area contributed by atoms with Crippen LogP contribution in [0, 0.1) is 5.92 Å². The number of ether oxygens (including phenoxy) is 1. The van der Waals surface area contributed by atoms with E-state index in [0.717, 1.165) is 4.57 Å². The van der Waals surface area contributed by atoms with E-state index in [9.17, 15) is 14.7 Å². The number of hydrogen-bond donors (Lipinski definition) is 3. The highest BCUT2D eigenvalue weighted by atomic mass is 16.5. The first-order valence-corrected chi connectivity index (χ1v) is 5.47. The number of nitrogens with one attached hydrogen (secondary N) is 1. The Kier molecular flexibility index (Phi) is 3.46. The van der Waals surface area contributed by atoms with Gasteiger partial charge in [0.05, 0.1) is 18.6 Å². The van der Waals surface area contributed by atoms with E-state index in [4.69, 9.17) is 9.84 Å². The van der Waals surface area contributed by atoms with E-state index < -0.39 is 35.6 Å². The predicted molar refractivity (Wildman–Crippen MR) is 62.0 cm³/mol. The van der Waals surface area contributed by atoms with Crippen LogP contribution in [0.4, 0.5) is 0 Å². The van der Waals surface area contributed by atoms with E-state index in [1.165, 1.54) is 18.3 Å². The van der Waals surface area contributed by atoms with Crippen molar-refractivity contribution >= 4 is 0 Å². The van der Waals surface area contributed by atoms with Gasteiger partial charge in [0, 0.05) is 12.3 Å². The molecule has 0 bridgehead atoms. The van der Waals surface area contributed by atoms with Crippen LogP contribution in [0.25, 0.3) is 0 Å². The third kappa shape index (κ3) is 2.03. The van der Waals surface area contributed by atoms with E-state index in [-0.39, 0.29) is 6.61 Å². The van der Waals surface area contributed by atoms with E-state index in [1.54, 1.807) is 0 Å². The number of aliphatic hydroxyl groups is 2. The van der Waals surface area contributed by atoms with Gasteiger partial charge in [-0.1, -0.05) is 6.08 Å². The Bertz CT molecular complexity index is 549. The summed E-state index contributed by atoms with van der Waals surface area (Å²) < 4.78 is 6.56. The monoisotopic (exact) mass is 254 g/mol. The molecule has 0 aromatic carbocycles. The first-order chi connectivity index (χ1) is 8.58. The SMILES string of the molecule is C=C[C@@H]1[C@H](O)[C@@H](CO)O[C@H]1n1ccc(=O)[nH]c1=O. The second-order valence-corrected chi connectivity index (χ2v) is 4.07. The molecule has 7 heteroatoms. The van der Waals surface area contributed by atoms with Crippen LogP contribution in [0.1, 0.15) is 6.23 Å². The molecule has 1 aromatic rings. The van der Waals surface area contributed by atoms with Gasteiger partial charge in [0.2, 0.25) is 0 Å². The summed E-state index contributed by atoms with van der Waals surface area (Å²) in [6.45, 7) is 3.21. The molecule has 1 aliphatic rings. The summed E-state index contributed by atoms with van der Waals surface area (Å²) in [6.07, 6.45) is 0.226. The van der Waals surface area contributed by atoms with E-state index in [2.05, 4.69) is 11.6 Å². The van der Waals surface area contributed by atoms with Crippen molar-refractivity contribution in [3.05, 3.63) is 45.8 Å². The first kappa shape index (κ1) is 12.7. The summed E-state index contributed by atoms with van der Waals surface area (Å²) in [6, 6.07) is 1.18. The van der Waals surface area contributed by atoms with Gasteiger partial charge in [-0.15, -0.1) is 6.58 Å². The van der Waals surface area contributed by atoms with Gasteiger partial charge < -0.3 is 14.9 Å². The molecule has 0 saturated carbocycles. The summed E-state index contributed by atoms with van der Waals surface area (Å²) in [7, 11) is 0. The van der Waals surface area contributed by atoms with Gasteiger partial charge in [-0.25, -0.2) is 4.79 Å². The molecule has 2 rings (SSSR count). The van der Waals surface area contributed by atoms with Crippen LogP contribution in [0.3, 0.4) is 0 Å². The summed E-state index contributed by atoms with van der Waals surface area (Å²) in [4.78, 5) is 24.7. The molecular weight excluding hydrogens is 240 g/mol. The van der Waals surface area contributed by atoms with Crippen LogP contribution in [0.15, 0.2) is 34.5 Å². The number of aromatic nitrogens is 2. The molecule has 1 saturated heterocycles. The van der Waals surface area contributed by atoms with Gasteiger partial charge in [0.1, 0.15) is 12.3 Å². The molecule has 1 aliphatic heterocycles. The molecule has 2 heterocycles.